The van der Waals surface area contributed by atoms with Crippen molar-refractivity contribution < 1.29 is 9.59 Å². The van der Waals surface area contributed by atoms with Crippen molar-refractivity contribution in [2.75, 3.05) is 18.4 Å². The molecule has 0 saturated carbocycles. The van der Waals surface area contributed by atoms with Gasteiger partial charge in [0.2, 0.25) is 0 Å². The molecule has 8 heteroatoms. The number of anilines is 1. The second kappa shape index (κ2) is 10.00. The number of nitrogens with one attached hydrogen (secondary N) is 1. The number of hydrogen-bond acceptors (Lipinski definition) is 5. The Morgan fingerprint density at radius 1 is 1.09 bits per heavy atom. The number of carbonyl (C=O) groups excluding carboxylic acids is 2. The summed E-state index contributed by atoms with van der Waals surface area (Å²) in [6.07, 6.45) is 1.71. The first kappa shape index (κ1) is 24.6. The molecule has 4 rings (SSSR count). The third-order valence-corrected chi connectivity index (χ3v) is 7.02. The van der Waals surface area contributed by atoms with Gasteiger partial charge in [-0.05, 0) is 77.9 Å². The number of carbonyl (C=O) groups is 2. The number of benzene rings is 1. The first-order valence-electron chi connectivity index (χ1n) is 11.9. The van der Waals surface area contributed by atoms with Gasteiger partial charge in [-0.1, -0.05) is 0 Å². The van der Waals surface area contributed by atoms with E-state index in [2.05, 4.69) is 30.3 Å². The SMILES string of the molecule is CCN(CC)C(=O)c1ccc(NC(=O)c2cc(-c3cc(C)sc3C)nc3c2cnn3C(C)C)cc1. The summed E-state index contributed by atoms with van der Waals surface area (Å²) in [5.41, 5.74) is 4.21. The van der Waals surface area contributed by atoms with Crippen molar-refractivity contribution in [3.05, 3.63) is 63.5 Å². The standard InChI is InChI=1S/C27H31N5O2S/c1-7-31(8-2)27(34)19-9-11-20(12-10-19)29-26(33)22-14-24(21-13-17(5)35-18(21)6)30-25-23(22)15-28-32(25)16(3)4/h9-16H,7-8H2,1-6H3,(H,29,33). The van der Waals surface area contributed by atoms with Crippen LogP contribution in [0, 0.1) is 13.8 Å². The van der Waals surface area contributed by atoms with Crippen LogP contribution in [0.3, 0.4) is 0 Å². The molecule has 3 aromatic heterocycles. The number of aryl methyl sites for hydroxylation is 2. The monoisotopic (exact) mass is 489 g/mol. The minimum Gasteiger partial charge on any atom is -0.339 e. The van der Waals surface area contributed by atoms with E-state index in [9.17, 15) is 9.59 Å². The molecule has 0 aliphatic rings. The Hall–Kier alpha value is -3.52. The van der Waals surface area contributed by atoms with E-state index >= 15 is 0 Å². The zero-order valence-electron chi connectivity index (χ0n) is 21.0. The Labute approximate surface area is 209 Å². The van der Waals surface area contributed by atoms with E-state index < -0.39 is 0 Å². The van der Waals surface area contributed by atoms with Gasteiger partial charge in [-0.25, -0.2) is 9.67 Å². The maximum Gasteiger partial charge on any atom is 0.256 e. The van der Waals surface area contributed by atoms with Gasteiger partial charge in [0.25, 0.3) is 11.8 Å². The van der Waals surface area contributed by atoms with Gasteiger partial charge in [-0.2, -0.15) is 5.10 Å². The van der Waals surface area contributed by atoms with E-state index in [1.807, 2.05) is 38.4 Å². The van der Waals surface area contributed by atoms with Gasteiger partial charge in [-0.3, -0.25) is 9.59 Å². The summed E-state index contributed by atoms with van der Waals surface area (Å²) < 4.78 is 1.85. The minimum absolute atomic E-state index is 0.0177. The Bertz CT molecular complexity index is 1380. The highest BCUT2D eigenvalue weighted by atomic mass is 32.1. The molecule has 0 radical (unpaired) electrons. The van der Waals surface area contributed by atoms with Crippen molar-refractivity contribution >= 4 is 39.9 Å². The summed E-state index contributed by atoms with van der Waals surface area (Å²) in [5, 5.41) is 8.20. The predicted molar refractivity (Wildman–Crippen MR) is 142 cm³/mol. The van der Waals surface area contributed by atoms with Crippen molar-refractivity contribution in [2.24, 2.45) is 0 Å². The molecule has 182 valence electrons. The van der Waals surface area contributed by atoms with E-state index in [4.69, 9.17) is 4.98 Å². The average Bonchev–Trinajstić information content (AvgIpc) is 3.42. The molecule has 0 spiro atoms. The lowest BCUT2D eigenvalue weighted by Crippen LogP contribution is -2.30. The number of thiophene rings is 1. The normalized spacial score (nSPS) is 11.3. The van der Waals surface area contributed by atoms with Crippen LogP contribution >= 0.6 is 11.3 Å². The van der Waals surface area contributed by atoms with Crippen LogP contribution in [0.2, 0.25) is 0 Å². The Morgan fingerprint density at radius 3 is 2.34 bits per heavy atom. The fraction of sp³-hybridized carbons (Fsp3) is 0.333. The first-order chi connectivity index (χ1) is 16.7. The summed E-state index contributed by atoms with van der Waals surface area (Å²) in [6.45, 7) is 13.5. The van der Waals surface area contributed by atoms with Gasteiger partial charge < -0.3 is 10.2 Å². The number of nitrogens with zero attached hydrogens (tertiary/aromatic N) is 4. The molecule has 3 heterocycles. The van der Waals surface area contributed by atoms with Crippen LogP contribution in [0.1, 0.15) is 64.2 Å². The Balaban J connectivity index is 1.70. The van der Waals surface area contributed by atoms with Crippen LogP contribution in [0.4, 0.5) is 5.69 Å². The number of hydrogen-bond donors (Lipinski definition) is 1. The van der Waals surface area contributed by atoms with Gasteiger partial charge in [0, 0.05) is 45.7 Å². The molecular formula is C27H31N5O2S. The molecule has 2 amide bonds. The van der Waals surface area contributed by atoms with Crippen LogP contribution in [0.15, 0.2) is 42.6 Å². The fourth-order valence-electron chi connectivity index (χ4n) is 4.19. The molecule has 1 aromatic carbocycles. The number of rotatable bonds is 7. The summed E-state index contributed by atoms with van der Waals surface area (Å²) >= 11 is 1.71. The highest BCUT2D eigenvalue weighted by Crippen LogP contribution is 2.32. The molecular weight excluding hydrogens is 458 g/mol. The zero-order valence-corrected chi connectivity index (χ0v) is 21.9. The van der Waals surface area contributed by atoms with Crippen molar-refractivity contribution in [3.63, 3.8) is 0 Å². The third-order valence-electron chi connectivity index (χ3n) is 6.06. The molecule has 0 aliphatic carbocycles. The molecule has 1 N–H and O–H groups in total. The molecule has 0 bridgehead atoms. The van der Waals surface area contributed by atoms with Gasteiger partial charge in [0.05, 0.1) is 22.8 Å². The smallest absolute Gasteiger partial charge is 0.256 e. The van der Waals surface area contributed by atoms with Crippen LogP contribution in [-0.4, -0.2) is 44.6 Å². The van der Waals surface area contributed by atoms with Crippen LogP contribution < -0.4 is 5.32 Å². The van der Waals surface area contributed by atoms with Gasteiger partial charge >= 0.3 is 0 Å². The average molecular weight is 490 g/mol. The molecule has 0 aliphatic heterocycles. The summed E-state index contributed by atoms with van der Waals surface area (Å²) in [5.74, 6) is -0.259. The summed E-state index contributed by atoms with van der Waals surface area (Å²) in [7, 11) is 0. The molecule has 0 fully saturated rings. The Kier molecular flexibility index (Phi) is 7.03. The van der Waals surface area contributed by atoms with Crippen molar-refractivity contribution in [3.8, 4) is 11.3 Å². The van der Waals surface area contributed by atoms with Gasteiger partial charge in [-0.15, -0.1) is 11.3 Å². The van der Waals surface area contributed by atoms with Crippen molar-refractivity contribution in [1.29, 1.82) is 0 Å². The maximum atomic E-state index is 13.5. The lowest BCUT2D eigenvalue weighted by atomic mass is 10.1. The highest BCUT2D eigenvalue weighted by Gasteiger charge is 2.20. The van der Waals surface area contributed by atoms with Crippen LogP contribution in [-0.2, 0) is 0 Å². The van der Waals surface area contributed by atoms with E-state index in [-0.39, 0.29) is 17.9 Å². The molecule has 0 unspecified atom stereocenters. The van der Waals surface area contributed by atoms with E-state index in [0.717, 1.165) is 16.1 Å². The van der Waals surface area contributed by atoms with E-state index in [1.54, 1.807) is 46.7 Å². The predicted octanol–water partition coefficient (Wildman–Crippen LogP) is 6.09. The first-order valence-corrected chi connectivity index (χ1v) is 12.7. The molecule has 35 heavy (non-hydrogen) atoms. The highest BCUT2D eigenvalue weighted by molar-refractivity contribution is 7.12. The van der Waals surface area contributed by atoms with Crippen LogP contribution in [0.5, 0.6) is 0 Å². The summed E-state index contributed by atoms with van der Waals surface area (Å²) in [6, 6.07) is 11.1. The maximum absolute atomic E-state index is 13.5. The lowest BCUT2D eigenvalue weighted by molar-refractivity contribution is 0.0773. The molecule has 7 nitrogen and oxygen atoms in total. The summed E-state index contributed by atoms with van der Waals surface area (Å²) in [4.78, 5) is 35.1. The number of pyridine rings is 1. The van der Waals surface area contributed by atoms with E-state index in [0.29, 0.717) is 40.9 Å². The van der Waals surface area contributed by atoms with Crippen molar-refractivity contribution in [1.82, 2.24) is 19.7 Å². The fourth-order valence-corrected chi connectivity index (χ4v) is 5.13. The van der Waals surface area contributed by atoms with E-state index in [1.165, 1.54) is 4.88 Å². The molecule has 0 saturated heterocycles. The number of aromatic nitrogens is 3. The number of fused-ring (bicyclic) bond motifs is 1. The van der Waals surface area contributed by atoms with Crippen LogP contribution in [0.25, 0.3) is 22.3 Å². The topological polar surface area (TPSA) is 80.1 Å². The minimum atomic E-state index is -0.241. The quantitative estimate of drug-likeness (QED) is 0.341. The number of amides is 2. The Morgan fingerprint density at radius 2 is 1.77 bits per heavy atom. The zero-order chi connectivity index (χ0) is 25.3. The van der Waals surface area contributed by atoms with Gasteiger partial charge in [0.15, 0.2) is 5.65 Å². The van der Waals surface area contributed by atoms with Crippen molar-refractivity contribution in [2.45, 2.75) is 47.6 Å². The molecule has 4 aromatic rings. The second-order valence-corrected chi connectivity index (χ2v) is 10.3. The van der Waals surface area contributed by atoms with Gasteiger partial charge in [0.1, 0.15) is 0 Å². The lowest BCUT2D eigenvalue weighted by Gasteiger charge is -2.18. The molecule has 0 atom stereocenters. The second-order valence-electron chi connectivity index (χ2n) is 8.81. The largest absolute Gasteiger partial charge is 0.339 e. The third kappa shape index (κ3) is 4.84.